The molecular weight excluding hydrogens is 310 g/mol. The Morgan fingerprint density at radius 2 is 0.840 bits per heavy atom. The van der Waals surface area contributed by atoms with Crippen LogP contribution in [0.5, 0.6) is 0 Å². The van der Waals surface area contributed by atoms with Gasteiger partial charge in [-0.25, -0.2) is 4.90 Å². The number of nitrogens with zero attached hydrogens (tertiary/aromatic N) is 1. The summed E-state index contributed by atoms with van der Waals surface area (Å²) in [4.78, 5) is 27.6. The molecule has 25 heavy (non-hydrogen) atoms. The maximum absolute atomic E-state index is 13.1. The van der Waals surface area contributed by atoms with Gasteiger partial charge in [0.15, 0.2) is 0 Å². The zero-order valence-electron chi connectivity index (χ0n) is 13.4. The molecule has 2 amide bonds. The van der Waals surface area contributed by atoms with Crippen molar-refractivity contribution in [3.05, 3.63) is 102 Å². The molecule has 1 aliphatic heterocycles. The molecule has 1 aliphatic rings. The summed E-state index contributed by atoms with van der Waals surface area (Å²) in [6.07, 6.45) is 0. The summed E-state index contributed by atoms with van der Waals surface area (Å²) in [6.45, 7) is 0. The molecule has 3 aromatic carbocycles. The van der Waals surface area contributed by atoms with Crippen molar-refractivity contribution in [3.8, 4) is 0 Å². The summed E-state index contributed by atoms with van der Waals surface area (Å²) in [5, 5.41) is 0. The highest BCUT2D eigenvalue weighted by Gasteiger charge is 2.40. The lowest BCUT2D eigenvalue weighted by Gasteiger charge is -2.15. The van der Waals surface area contributed by atoms with E-state index in [0.29, 0.717) is 16.8 Å². The summed E-state index contributed by atoms with van der Waals surface area (Å²) in [7, 11) is 0. The molecule has 0 bridgehead atoms. The van der Waals surface area contributed by atoms with Crippen molar-refractivity contribution >= 4 is 28.6 Å². The molecule has 1 heterocycles. The van der Waals surface area contributed by atoms with E-state index in [2.05, 4.69) is 0 Å². The van der Waals surface area contributed by atoms with Crippen molar-refractivity contribution in [1.82, 2.24) is 0 Å². The summed E-state index contributed by atoms with van der Waals surface area (Å²) in [5.74, 6) is -0.581. The zero-order chi connectivity index (χ0) is 17.2. The fourth-order valence-corrected chi connectivity index (χ4v) is 3.09. The smallest absolute Gasteiger partial charge is 0.266 e. The van der Waals surface area contributed by atoms with Gasteiger partial charge in [0.25, 0.3) is 11.8 Å². The summed E-state index contributed by atoms with van der Waals surface area (Å²) < 4.78 is 0. The second-order valence-corrected chi connectivity index (χ2v) is 5.76. The predicted octanol–water partition coefficient (Wildman–Crippen LogP) is 4.17. The van der Waals surface area contributed by atoms with Gasteiger partial charge in [-0.05, 0) is 23.3 Å². The van der Waals surface area contributed by atoms with Gasteiger partial charge in [0.1, 0.15) is 0 Å². The average molecular weight is 325 g/mol. The average Bonchev–Trinajstić information content (AvgIpc) is 2.94. The van der Waals surface area contributed by atoms with E-state index in [4.69, 9.17) is 0 Å². The Kier molecular flexibility index (Phi) is 3.75. The first-order valence-electron chi connectivity index (χ1n) is 8.06. The van der Waals surface area contributed by atoms with Crippen molar-refractivity contribution in [3.63, 3.8) is 0 Å². The number of para-hydroxylation sites is 1. The summed E-state index contributed by atoms with van der Waals surface area (Å²) in [6, 6.07) is 27.7. The fraction of sp³-hybridized carbons (Fsp3) is 0. The number of anilines is 1. The molecule has 3 heteroatoms. The van der Waals surface area contributed by atoms with Gasteiger partial charge in [-0.2, -0.15) is 0 Å². The van der Waals surface area contributed by atoms with E-state index >= 15 is 0 Å². The van der Waals surface area contributed by atoms with Crippen LogP contribution in [-0.2, 0) is 9.59 Å². The van der Waals surface area contributed by atoms with Crippen molar-refractivity contribution < 1.29 is 9.59 Å². The lowest BCUT2D eigenvalue weighted by molar-refractivity contribution is -0.119. The van der Waals surface area contributed by atoms with E-state index in [-0.39, 0.29) is 11.8 Å². The minimum Gasteiger partial charge on any atom is -0.268 e. The van der Waals surface area contributed by atoms with Gasteiger partial charge in [-0.15, -0.1) is 0 Å². The molecule has 0 N–H and O–H groups in total. The van der Waals surface area contributed by atoms with Gasteiger partial charge in [0.05, 0.1) is 16.8 Å². The van der Waals surface area contributed by atoms with Gasteiger partial charge >= 0.3 is 0 Å². The highest BCUT2D eigenvalue weighted by molar-refractivity contribution is 6.56. The van der Waals surface area contributed by atoms with Crippen molar-refractivity contribution in [1.29, 1.82) is 0 Å². The van der Waals surface area contributed by atoms with Crippen LogP contribution >= 0.6 is 0 Å². The van der Waals surface area contributed by atoms with E-state index in [0.717, 1.165) is 11.1 Å². The minimum atomic E-state index is -0.291. The number of rotatable bonds is 3. The SMILES string of the molecule is O=C1C(c2ccccc2)=C(c2ccccc2)C(=O)N1c1ccccc1. The Morgan fingerprint density at radius 3 is 1.24 bits per heavy atom. The normalized spacial score (nSPS) is 14.3. The van der Waals surface area contributed by atoms with Gasteiger partial charge in [-0.3, -0.25) is 9.59 Å². The summed E-state index contributed by atoms with van der Waals surface area (Å²) >= 11 is 0. The van der Waals surface area contributed by atoms with Crippen LogP contribution in [0.15, 0.2) is 91.0 Å². The molecule has 0 spiro atoms. The lowest BCUT2D eigenvalue weighted by atomic mass is 9.96. The number of benzene rings is 3. The number of amides is 2. The van der Waals surface area contributed by atoms with Gasteiger partial charge in [0, 0.05) is 0 Å². The van der Waals surface area contributed by atoms with Crippen molar-refractivity contribution in [2.24, 2.45) is 0 Å². The Balaban J connectivity index is 1.93. The third-order valence-corrected chi connectivity index (χ3v) is 4.22. The molecule has 0 saturated heterocycles. The van der Waals surface area contributed by atoms with Crippen LogP contribution in [0.4, 0.5) is 5.69 Å². The highest BCUT2D eigenvalue weighted by Crippen LogP contribution is 2.37. The Labute approximate surface area is 145 Å². The molecule has 120 valence electrons. The van der Waals surface area contributed by atoms with E-state index in [1.807, 2.05) is 78.9 Å². The predicted molar refractivity (Wildman–Crippen MR) is 98.6 cm³/mol. The lowest BCUT2D eigenvalue weighted by Crippen LogP contribution is -2.31. The first kappa shape index (κ1) is 15.1. The molecule has 0 atom stereocenters. The van der Waals surface area contributed by atoms with Crippen LogP contribution < -0.4 is 4.90 Å². The molecule has 4 rings (SSSR count). The van der Waals surface area contributed by atoms with Gasteiger partial charge in [0.2, 0.25) is 0 Å². The number of hydrogen-bond acceptors (Lipinski definition) is 2. The highest BCUT2D eigenvalue weighted by atomic mass is 16.2. The van der Waals surface area contributed by atoms with Gasteiger partial charge < -0.3 is 0 Å². The minimum absolute atomic E-state index is 0.291. The molecule has 0 aromatic heterocycles. The van der Waals surface area contributed by atoms with E-state index in [1.165, 1.54) is 4.90 Å². The molecule has 0 unspecified atom stereocenters. The largest absolute Gasteiger partial charge is 0.268 e. The van der Waals surface area contributed by atoms with E-state index < -0.39 is 0 Å². The first-order valence-corrected chi connectivity index (χ1v) is 8.06. The fourth-order valence-electron chi connectivity index (χ4n) is 3.09. The van der Waals surface area contributed by atoms with Gasteiger partial charge in [-0.1, -0.05) is 78.9 Å². The standard InChI is InChI=1S/C22H15NO2/c24-21-19(16-10-4-1-5-11-16)20(17-12-6-2-7-13-17)22(25)23(21)18-14-8-3-9-15-18/h1-15H. The van der Waals surface area contributed by atoms with Crippen LogP contribution in [0.1, 0.15) is 11.1 Å². The third-order valence-electron chi connectivity index (χ3n) is 4.22. The van der Waals surface area contributed by atoms with Crippen LogP contribution in [-0.4, -0.2) is 11.8 Å². The van der Waals surface area contributed by atoms with Crippen molar-refractivity contribution in [2.45, 2.75) is 0 Å². The molecule has 0 saturated carbocycles. The molecule has 3 aromatic rings. The van der Waals surface area contributed by atoms with Crippen LogP contribution in [0, 0.1) is 0 Å². The summed E-state index contributed by atoms with van der Waals surface area (Å²) in [5.41, 5.74) is 2.97. The van der Waals surface area contributed by atoms with Crippen LogP contribution in [0.3, 0.4) is 0 Å². The Bertz CT molecular complexity index is 899. The second kappa shape index (κ2) is 6.21. The van der Waals surface area contributed by atoms with Crippen molar-refractivity contribution in [2.75, 3.05) is 4.90 Å². The molecule has 3 nitrogen and oxygen atoms in total. The molecule has 0 radical (unpaired) electrons. The topological polar surface area (TPSA) is 37.4 Å². The molecule has 0 aliphatic carbocycles. The van der Waals surface area contributed by atoms with Crippen LogP contribution in [0.25, 0.3) is 11.1 Å². The third kappa shape index (κ3) is 2.56. The zero-order valence-corrected chi connectivity index (χ0v) is 13.4. The van der Waals surface area contributed by atoms with E-state index in [9.17, 15) is 9.59 Å². The molecular formula is C22H15NO2. The molecule has 0 fully saturated rings. The number of carbonyl (C=O) groups excluding carboxylic acids is 2. The van der Waals surface area contributed by atoms with Crippen LogP contribution in [0.2, 0.25) is 0 Å². The second-order valence-electron chi connectivity index (χ2n) is 5.76. The first-order chi connectivity index (χ1) is 12.3. The Morgan fingerprint density at radius 1 is 0.480 bits per heavy atom. The van der Waals surface area contributed by atoms with E-state index in [1.54, 1.807) is 12.1 Å². The quantitative estimate of drug-likeness (QED) is 0.678. The maximum atomic E-state index is 13.1. The number of imide groups is 1. The Hall–Kier alpha value is -3.46. The monoisotopic (exact) mass is 325 g/mol. The number of hydrogen-bond donors (Lipinski definition) is 0. The maximum Gasteiger partial charge on any atom is 0.266 e. The number of carbonyl (C=O) groups is 2.